The van der Waals surface area contributed by atoms with E-state index >= 15 is 0 Å². The molecule has 1 aliphatic rings. The number of amides is 1. The Morgan fingerprint density at radius 2 is 2.04 bits per heavy atom. The molecule has 0 atom stereocenters. The number of hydrogen-bond acceptors (Lipinski definition) is 2. The van der Waals surface area contributed by atoms with Gasteiger partial charge in [0.25, 0.3) is 5.91 Å². The molecule has 3 aromatic rings. The summed E-state index contributed by atoms with van der Waals surface area (Å²) in [6.45, 7) is 6.51. The molecular weight excluding hydrogens is 370 g/mol. The van der Waals surface area contributed by atoms with Crippen molar-refractivity contribution in [3.8, 4) is 0 Å². The van der Waals surface area contributed by atoms with Crippen molar-refractivity contribution in [2.45, 2.75) is 26.3 Å². The van der Waals surface area contributed by atoms with Crippen molar-refractivity contribution >= 4 is 39.7 Å². The Morgan fingerprint density at radius 1 is 1.21 bits per heavy atom. The molecule has 0 aliphatic carbocycles. The highest BCUT2D eigenvalue weighted by Crippen LogP contribution is 2.31. The van der Waals surface area contributed by atoms with Crippen LogP contribution in [-0.4, -0.2) is 34.9 Å². The Hall–Kier alpha value is -2.56. The standard InChI is InChI=1S/C23H24ClN3O/c1-15(2)27-11-9-16(10-12-27)20-14-25-22-8-7-17(13-19(20)22)26-23(28)18-5-3-4-6-21(18)24/h3-9,13-15,25H,10-12H2,1-2H3,(H,26,28). The number of halogens is 1. The van der Waals surface area contributed by atoms with Crippen molar-refractivity contribution in [2.24, 2.45) is 0 Å². The van der Waals surface area contributed by atoms with Gasteiger partial charge in [0.15, 0.2) is 0 Å². The van der Waals surface area contributed by atoms with Crippen LogP contribution in [0.2, 0.25) is 5.02 Å². The summed E-state index contributed by atoms with van der Waals surface area (Å²) in [5, 5.41) is 4.54. The minimum absolute atomic E-state index is 0.202. The summed E-state index contributed by atoms with van der Waals surface area (Å²) in [5.41, 5.74) is 4.88. The third kappa shape index (κ3) is 3.71. The highest BCUT2D eigenvalue weighted by atomic mass is 35.5. The van der Waals surface area contributed by atoms with E-state index in [0.29, 0.717) is 16.6 Å². The third-order valence-corrected chi connectivity index (χ3v) is 5.70. The second-order valence-corrected chi connectivity index (χ2v) is 7.87. The molecule has 0 spiro atoms. The lowest BCUT2D eigenvalue weighted by Crippen LogP contribution is -2.34. The Bertz CT molecular complexity index is 1050. The predicted octanol–water partition coefficient (Wildman–Crippen LogP) is 5.57. The number of aromatic nitrogens is 1. The summed E-state index contributed by atoms with van der Waals surface area (Å²) in [7, 11) is 0. The van der Waals surface area contributed by atoms with Gasteiger partial charge < -0.3 is 10.3 Å². The number of H-pyrrole nitrogens is 1. The zero-order valence-corrected chi connectivity index (χ0v) is 16.9. The van der Waals surface area contributed by atoms with Gasteiger partial charge in [0.1, 0.15) is 0 Å². The van der Waals surface area contributed by atoms with Gasteiger partial charge in [-0.1, -0.05) is 29.8 Å². The number of carbonyl (C=O) groups is 1. The summed E-state index contributed by atoms with van der Waals surface area (Å²) >= 11 is 6.15. The van der Waals surface area contributed by atoms with E-state index in [0.717, 1.165) is 36.1 Å². The molecule has 1 amide bonds. The van der Waals surface area contributed by atoms with Crippen LogP contribution in [0.3, 0.4) is 0 Å². The van der Waals surface area contributed by atoms with Crippen molar-refractivity contribution in [3.05, 3.63) is 70.9 Å². The van der Waals surface area contributed by atoms with E-state index in [9.17, 15) is 4.79 Å². The molecule has 2 N–H and O–H groups in total. The second kappa shape index (κ2) is 7.82. The molecule has 2 aromatic carbocycles. The monoisotopic (exact) mass is 393 g/mol. The molecule has 28 heavy (non-hydrogen) atoms. The average molecular weight is 394 g/mol. The first-order valence-corrected chi connectivity index (χ1v) is 10.0. The van der Waals surface area contributed by atoms with Crippen molar-refractivity contribution in [1.29, 1.82) is 0 Å². The minimum Gasteiger partial charge on any atom is -0.361 e. The zero-order chi connectivity index (χ0) is 19.7. The molecule has 4 rings (SSSR count). The van der Waals surface area contributed by atoms with Crippen LogP contribution in [0.4, 0.5) is 5.69 Å². The van der Waals surface area contributed by atoms with Crippen molar-refractivity contribution in [3.63, 3.8) is 0 Å². The normalized spacial score (nSPS) is 15.1. The van der Waals surface area contributed by atoms with Gasteiger partial charge in [0.2, 0.25) is 0 Å². The van der Waals surface area contributed by atoms with E-state index in [1.54, 1.807) is 12.1 Å². The predicted molar refractivity (Wildman–Crippen MR) is 117 cm³/mol. The van der Waals surface area contributed by atoms with Gasteiger partial charge in [-0.25, -0.2) is 0 Å². The number of rotatable bonds is 4. The zero-order valence-electron chi connectivity index (χ0n) is 16.1. The molecular formula is C23H24ClN3O. The highest BCUT2D eigenvalue weighted by Gasteiger charge is 2.18. The largest absolute Gasteiger partial charge is 0.361 e. The molecule has 0 saturated heterocycles. The smallest absolute Gasteiger partial charge is 0.257 e. The van der Waals surface area contributed by atoms with Gasteiger partial charge >= 0.3 is 0 Å². The summed E-state index contributed by atoms with van der Waals surface area (Å²) in [6.07, 6.45) is 5.42. The lowest BCUT2D eigenvalue weighted by Gasteiger charge is -2.29. The number of anilines is 1. The van der Waals surface area contributed by atoms with Gasteiger partial charge in [-0.15, -0.1) is 0 Å². The van der Waals surface area contributed by atoms with Crippen LogP contribution in [0.1, 0.15) is 36.2 Å². The molecule has 4 nitrogen and oxygen atoms in total. The number of hydrogen-bond donors (Lipinski definition) is 2. The van der Waals surface area contributed by atoms with E-state index in [-0.39, 0.29) is 5.91 Å². The molecule has 144 valence electrons. The number of nitrogens with zero attached hydrogens (tertiary/aromatic N) is 1. The molecule has 2 heterocycles. The van der Waals surface area contributed by atoms with Crippen molar-refractivity contribution in [1.82, 2.24) is 9.88 Å². The maximum absolute atomic E-state index is 12.6. The lowest BCUT2D eigenvalue weighted by atomic mass is 9.98. The van der Waals surface area contributed by atoms with Crippen LogP contribution < -0.4 is 5.32 Å². The summed E-state index contributed by atoms with van der Waals surface area (Å²) in [6, 6.07) is 13.6. The van der Waals surface area contributed by atoms with Crippen molar-refractivity contribution in [2.75, 3.05) is 18.4 Å². The first-order valence-electron chi connectivity index (χ1n) is 9.63. The summed E-state index contributed by atoms with van der Waals surface area (Å²) in [5.74, 6) is -0.202. The Labute approximate surface area is 170 Å². The minimum atomic E-state index is -0.202. The first-order chi connectivity index (χ1) is 13.5. The van der Waals surface area contributed by atoms with Crippen LogP contribution in [0.5, 0.6) is 0 Å². The van der Waals surface area contributed by atoms with Gasteiger partial charge in [0, 0.05) is 47.5 Å². The summed E-state index contributed by atoms with van der Waals surface area (Å²) in [4.78, 5) is 18.4. The van der Waals surface area contributed by atoms with Crippen LogP contribution in [0, 0.1) is 0 Å². The highest BCUT2D eigenvalue weighted by molar-refractivity contribution is 6.34. The van der Waals surface area contributed by atoms with Crippen LogP contribution >= 0.6 is 11.6 Å². The van der Waals surface area contributed by atoms with E-state index in [4.69, 9.17) is 11.6 Å². The fourth-order valence-corrected chi connectivity index (χ4v) is 3.93. The second-order valence-electron chi connectivity index (χ2n) is 7.46. The molecule has 1 aromatic heterocycles. The fourth-order valence-electron chi connectivity index (χ4n) is 3.71. The van der Waals surface area contributed by atoms with E-state index in [1.807, 2.05) is 30.3 Å². The molecule has 0 saturated carbocycles. The van der Waals surface area contributed by atoms with E-state index in [1.165, 1.54) is 11.1 Å². The SMILES string of the molecule is CC(C)N1CC=C(c2c[nH]c3ccc(NC(=O)c4ccccc4Cl)cc23)CC1. The third-order valence-electron chi connectivity index (χ3n) is 5.37. The number of benzene rings is 2. The number of nitrogens with one attached hydrogen (secondary N) is 2. The lowest BCUT2D eigenvalue weighted by molar-refractivity contribution is 0.102. The Kier molecular flexibility index (Phi) is 5.25. The van der Waals surface area contributed by atoms with Crippen molar-refractivity contribution < 1.29 is 4.79 Å². The molecule has 0 fully saturated rings. The maximum atomic E-state index is 12.6. The molecule has 0 radical (unpaired) electrons. The van der Waals surface area contributed by atoms with Crippen LogP contribution in [-0.2, 0) is 0 Å². The number of carbonyl (C=O) groups excluding carboxylic acids is 1. The molecule has 1 aliphatic heterocycles. The Balaban J connectivity index is 1.60. The fraction of sp³-hybridized carbons (Fsp3) is 0.261. The Morgan fingerprint density at radius 3 is 2.75 bits per heavy atom. The van der Waals surface area contributed by atoms with Gasteiger partial charge in [-0.2, -0.15) is 0 Å². The summed E-state index contributed by atoms with van der Waals surface area (Å²) < 4.78 is 0. The van der Waals surface area contributed by atoms with E-state index in [2.05, 4.69) is 41.3 Å². The maximum Gasteiger partial charge on any atom is 0.257 e. The average Bonchev–Trinajstić information content (AvgIpc) is 3.11. The quantitative estimate of drug-likeness (QED) is 0.608. The number of aromatic amines is 1. The van der Waals surface area contributed by atoms with Crippen LogP contribution in [0.25, 0.3) is 16.5 Å². The van der Waals surface area contributed by atoms with E-state index < -0.39 is 0 Å². The number of fused-ring (bicyclic) bond motifs is 1. The van der Waals surface area contributed by atoms with Gasteiger partial charge in [0.05, 0.1) is 10.6 Å². The van der Waals surface area contributed by atoms with Crippen LogP contribution in [0.15, 0.2) is 54.7 Å². The molecule has 5 heteroatoms. The van der Waals surface area contributed by atoms with Gasteiger partial charge in [-0.3, -0.25) is 9.69 Å². The molecule has 0 bridgehead atoms. The first kappa shape index (κ1) is 18.8. The topological polar surface area (TPSA) is 48.1 Å². The van der Waals surface area contributed by atoms with Gasteiger partial charge in [-0.05, 0) is 56.2 Å². The molecule has 0 unspecified atom stereocenters.